The van der Waals surface area contributed by atoms with Gasteiger partial charge in [-0.1, -0.05) is 20.8 Å². The average Bonchev–Trinajstić information content (AvgIpc) is 2.25. The van der Waals surface area contributed by atoms with Crippen molar-refractivity contribution >= 4 is 13.5 Å². The zero-order chi connectivity index (χ0) is 12.3. The maximum atomic E-state index is 12.7. The van der Waals surface area contributed by atoms with Gasteiger partial charge in [0.25, 0.3) is 0 Å². The Morgan fingerprint density at radius 1 is 1.44 bits per heavy atom. The van der Waals surface area contributed by atoms with Crippen LogP contribution in [0.25, 0.3) is 0 Å². The van der Waals surface area contributed by atoms with E-state index in [2.05, 4.69) is 0 Å². The Bertz CT molecular complexity index is 247. The number of hydrogen-bond donors (Lipinski definition) is 0. The smallest absolute Gasteiger partial charge is 0.389 e. The molecule has 1 rings (SSSR count). The number of rotatable bonds is 3. The van der Waals surface area contributed by atoms with E-state index in [4.69, 9.17) is 9.47 Å². The van der Waals surface area contributed by atoms with E-state index in [1.165, 1.54) is 6.92 Å². The first-order valence-electron chi connectivity index (χ1n) is 5.77. The number of carbonyl (C=O) groups excluding carboxylic acids is 1. The highest BCUT2D eigenvalue weighted by Crippen LogP contribution is 2.33. The summed E-state index contributed by atoms with van der Waals surface area (Å²) in [5.41, 5.74) is 0. The lowest BCUT2D eigenvalue weighted by Gasteiger charge is -2.43. The van der Waals surface area contributed by atoms with E-state index >= 15 is 0 Å². The third-order valence-electron chi connectivity index (χ3n) is 3.42. The SMILES string of the molecule is CCC1O[C@H]([B]F)C(OC(C)=O)[C@@H](C)[C@@H]1C. The van der Waals surface area contributed by atoms with Crippen molar-refractivity contribution in [2.24, 2.45) is 11.8 Å². The second kappa shape index (κ2) is 5.66. The quantitative estimate of drug-likeness (QED) is 0.547. The summed E-state index contributed by atoms with van der Waals surface area (Å²) in [4.78, 5) is 11.0. The van der Waals surface area contributed by atoms with Crippen molar-refractivity contribution in [3.63, 3.8) is 0 Å². The van der Waals surface area contributed by atoms with Crippen molar-refractivity contribution in [2.75, 3.05) is 0 Å². The summed E-state index contributed by atoms with van der Waals surface area (Å²) in [5.74, 6) is -0.0420. The van der Waals surface area contributed by atoms with Crippen LogP contribution in [0, 0.1) is 11.8 Å². The molecule has 0 amide bonds. The Balaban J connectivity index is 2.77. The molecule has 1 aliphatic heterocycles. The molecular weight excluding hydrogens is 210 g/mol. The molecule has 0 aromatic rings. The largest absolute Gasteiger partial charge is 0.460 e. The molecule has 0 aliphatic carbocycles. The molecule has 1 saturated heterocycles. The topological polar surface area (TPSA) is 35.5 Å². The van der Waals surface area contributed by atoms with E-state index in [0.717, 1.165) is 6.42 Å². The Hall–Kier alpha value is -0.575. The molecular formula is C11H19BFO3. The van der Waals surface area contributed by atoms with Gasteiger partial charge >= 0.3 is 13.5 Å². The first-order valence-corrected chi connectivity index (χ1v) is 5.77. The molecule has 1 radical (unpaired) electrons. The van der Waals surface area contributed by atoms with Crippen molar-refractivity contribution in [3.05, 3.63) is 0 Å². The Morgan fingerprint density at radius 2 is 2.06 bits per heavy atom. The van der Waals surface area contributed by atoms with Crippen molar-refractivity contribution in [2.45, 2.75) is 52.3 Å². The molecule has 2 unspecified atom stereocenters. The fourth-order valence-electron chi connectivity index (χ4n) is 2.28. The molecule has 0 bridgehead atoms. The minimum atomic E-state index is -0.736. The predicted molar refractivity (Wildman–Crippen MR) is 59.7 cm³/mol. The third kappa shape index (κ3) is 2.76. The zero-order valence-electron chi connectivity index (χ0n) is 10.3. The van der Waals surface area contributed by atoms with Crippen LogP contribution in [0.2, 0.25) is 0 Å². The highest BCUT2D eigenvalue weighted by Gasteiger charge is 2.43. The molecule has 91 valence electrons. The van der Waals surface area contributed by atoms with Crippen LogP contribution in [0.5, 0.6) is 0 Å². The lowest BCUT2D eigenvalue weighted by molar-refractivity contribution is -0.179. The second-order valence-electron chi connectivity index (χ2n) is 4.47. The van der Waals surface area contributed by atoms with Crippen molar-refractivity contribution in [1.82, 2.24) is 0 Å². The molecule has 5 heteroatoms. The van der Waals surface area contributed by atoms with Gasteiger partial charge in [0.05, 0.1) is 6.10 Å². The number of halogens is 1. The highest BCUT2D eigenvalue weighted by molar-refractivity contribution is 6.28. The molecule has 1 heterocycles. The lowest BCUT2D eigenvalue weighted by Crippen LogP contribution is -2.52. The van der Waals surface area contributed by atoms with Gasteiger partial charge in [0, 0.05) is 12.8 Å². The summed E-state index contributed by atoms with van der Waals surface area (Å²) in [6.45, 7) is 7.36. The summed E-state index contributed by atoms with van der Waals surface area (Å²) >= 11 is 0. The van der Waals surface area contributed by atoms with Crippen LogP contribution in [-0.4, -0.2) is 31.7 Å². The first-order chi connectivity index (χ1) is 7.51. The highest BCUT2D eigenvalue weighted by atomic mass is 19.1. The average molecular weight is 229 g/mol. The van der Waals surface area contributed by atoms with E-state index in [9.17, 15) is 9.11 Å². The molecule has 1 fully saturated rings. The van der Waals surface area contributed by atoms with Gasteiger partial charge in [-0.3, -0.25) is 4.79 Å². The van der Waals surface area contributed by atoms with Crippen LogP contribution in [0.3, 0.4) is 0 Å². The van der Waals surface area contributed by atoms with Crippen LogP contribution in [0.15, 0.2) is 0 Å². The van der Waals surface area contributed by atoms with Gasteiger partial charge in [-0.25, -0.2) is 0 Å². The van der Waals surface area contributed by atoms with Gasteiger partial charge in [0.2, 0.25) is 0 Å². The minimum absolute atomic E-state index is 0.0267. The fraction of sp³-hybridized carbons (Fsp3) is 0.909. The Morgan fingerprint density at radius 3 is 2.50 bits per heavy atom. The van der Waals surface area contributed by atoms with E-state index in [1.54, 1.807) is 0 Å². The van der Waals surface area contributed by atoms with Gasteiger partial charge in [-0.15, -0.1) is 0 Å². The number of carbonyl (C=O) groups is 1. The summed E-state index contributed by atoms with van der Waals surface area (Å²) in [5, 5.41) is 0. The number of esters is 1. The number of ether oxygens (including phenoxy) is 2. The molecule has 0 N–H and O–H groups in total. The molecule has 0 aromatic heterocycles. The van der Waals surface area contributed by atoms with Crippen LogP contribution >= 0.6 is 0 Å². The van der Waals surface area contributed by atoms with Gasteiger partial charge in [-0.2, -0.15) is 0 Å². The standard InChI is InChI=1S/C11H19BFO3/c1-5-9-6(2)7(3)10(15-8(4)14)11(12-13)16-9/h6-7,9-11H,5H2,1-4H3/t6-,7-,9?,10?,11-/m0/s1. The number of hydrogen-bond acceptors (Lipinski definition) is 3. The van der Waals surface area contributed by atoms with E-state index < -0.39 is 18.1 Å². The Labute approximate surface area is 97.0 Å². The van der Waals surface area contributed by atoms with Crippen LogP contribution in [-0.2, 0) is 14.3 Å². The molecule has 0 spiro atoms. The molecule has 0 aromatic carbocycles. The van der Waals surface area contributed by atoms with Crippen LogP contribution in [0.4, 0.5) is 4.32 Å². The van der Waals surface area contributed by atoms with Crippen molar-refractivity contribution in [3.8, 4) is 0 Å². The van der Waals surface area contributed by atoms with Gasteiger partial charge in [-0.05, 0) is 12.3 Å². The molecule has 16 heavy (non-hydrogen) atoms. The Kier molecular flexibility index (Phi) is 4.78. The van der Waals surface area contributed by atoms with Crippen molar-refractivity contribution in [1.29, 1.82) is 0 Å². The molecule has 1 aliphatic rings. The van der Waals surface area contributed by atoms with E-state index in [0.29, 0.717) is 7.56 Å². The van der Waals surface area contributed by atoms with Gasteiger partial charge in [0.1, 0.15) is 12.1 Å². The van der Waals surface area contributed by atoms with Gasteiger partial charge in [0.15, 0.2) is 0 Å². The van der Waals surface area contributed by atoms with Crippen LogP contribution < -0.4 is 0 Å². The second-order valence-corrected chi connectivity index (χ2v) is 4.47. The molecule has 5 atom stereocenters. The predicted octanol–water partition coefficient (Wildman–Crippen LogP) is 1.91. The summed E-state index contributed by atoms with van der Waals surface area (Å²) in [7, 11) is 0.485. The monoisotopic (exact) mass is 229 g/mol. The van der Waals surface area contributed by atoms with E-state index in [-0.39, 0.29) is 17.9 Å². The molecule has 3 nitrogen and oxygen atoms in total. The minimum Gasteiger partial charge on any atom is -0.460 e. The molecule has 0 saturated carbocycles. The zero-order valence-corrected chi connectivity index (χ0v) is 10.3. The fourth-order valence-corrected chi connectivity index (χ4v) is 2.28. The summed E-state index contributed by atoms with van der Waals surface area (Å²) in [6.07, 6.45) is 0.349. The maximum absolute atomic E-state index is 12.7. The van der Waals surface area contributed by atoms with E-state index in [1.807, 2.05) is 20.8 Å². The lowest BCUT2D eigenvalue weighted by atomic mass is 9.73. The van der Waals surface area contributed by atoms with Crippen molar-refractivity contribution < 1.29 is 18.6 Å². The third-order valence-corrected chi connectivity index (χ3v) is 3.42. The summed E-state index contributed by atoms with van der Waals surface area (Å²) in [6, 6.07) is -0.736. The maximum Gasteiger partial charge on any atom is 0.389 e. The first kappa shape index (κ1) is 13.5. The summed E-state index contributed by atoms with van der Waals surface area (Å²) < 4.78 is 23.5. The van der Waals surface area contributed by atoms with Crippen LogP contribution in [0.1, 0.15) is 34.1 Å². The normalized spacial score (nSPS) is 39.2. The van der Waals surface area contributed by atoms with Gasteiger partial charge < -0.3 is 13.8 Å².